The van der Waals surface area contributed by atoms with Crippen molar-refractivity contribution >= 4 is 5.91 Å². The molecule has 3 nitrogen and oxygen atoms in total. The molecular weight excluding hydrogens is 314 g/mol. The highest BCUT2D eigenvalue weighted by molar-refractivity contribution is 5.77. The molecule has 0 saturated carbocycles. The third-order valence-electron chi connectivity index (χ3n) is 2.86. The van der Waals surface area contributed by atoms with Crippen molar-refractivity contribution in [1.29, 1.82) is 0 Å². The summed E-state index contributed by atoms with van der Waals surface area (Å²) in [5.41, 5.74) is -2.35. The number of amides is 1. The lowest BCUT2D eigenvalue weighted by Crippen LogP contribution is -2.41. The van der Waals surface area contributed by atoms with Crippen LogP contribution >= 0.6 is 0 Å². The van der Waals surface area contributed by atoms with Crippen molar-refractivity contribution in [3.63, 3.8) is 0 Å². The number of carbonyl (C=O) groups excluding carboxylic acids is 1. The molecule has 0 heterocycles. The van der Waals surface area contributed by atoms with Gasteiger partial charge in [-0.05, 0) is 11.6 Å². The average Bonchev–Trinajstić information content (AvgIpc) is 2.36. The lowest BCUT2D eigenvalue weighted by atomic mass is 9.99. The number of halogens is 6. The highest BCUT2D eigenvalue weighted by atomic mass is 19.4. The first-order valence-corrected chi connectivity index (χ1v) is 6.11. The third kappa shape index (κ3) is 4.62. The second-order valence-corrected chi connectivity index (χ2v) is 4.73. The van der Waals surface area contributed by atoms with Crippen LogP contribution in [0.4, 0.5) is 26.3 Å². The Bertz CT molecular complexity index is 524. The summed E-state index contributed by atoms with van der Waals surface area (Å²) < 4.78 is 77.8. The predicted octanol–water partition coefficient (Wildman–Crippen LogP) is 2.99. The summed E-state index contributed by atoms with van der Waals surface area (Å²) in [6.07, 6.45) is -9.90. The van der Waals surface area contributed by atoms with Crippen LogP contribution in [0.1, 0.15) is 17.2 Å². The zero-order valence-corrected chi connectivity index (χ0v) is 11.7. The Morgan fingerprint density at radius 3 is 2.14 bits per heavy atom. The van der Waals surface area contributed by atoms with E-state index < -0.39 is 42.0 Å². The third-order valence-corrected chi connectivity index (χ3v) is 2.86. The van der Waals surface area contributed by atoms with Crippen LogP contribution in [0, 0.1) is 0 Å². The van der Waals surface area contributed by atoms with Gasteiger partial charge in [-0.2, -0.15) is 26.3 Å². The molecule has 0 saturated heterocycles. The number of hydrogen-bond donors (Lipinski definition) is 1. The highest BCUT2D eigenvalue weighted by Gasteiger charge is 2.45. The maximum Gasteiger partial charge on any atom is 0.416 e. The molecule has 9 heteroatoms. The summed E-state index contributed by atoms with van der Waals surface area (Å²) in [5.74, 6) is -0.682. The SMILES string of the molecule is CN(C)C(=O)CNC(c1ccccc1C(F)(F)F)C(F)(F)F. The van der Waals surface area contributed by atoms with Gasteiger partial charge >= 0.3 is 12.4 Å². The summed E-state index contributed by atoms with van der Waals surface area (Å²) in [5, 5.41) is 1.85. The maximum atomic E-state index is 13.1. The molecule has 124 valence electrons. The summed E-state index contributed by atoms with van der Waals surface area (Å²) in [6, 6.07) is 0.815. The van der Waals surface area contributed by atoms with Crippen LogP contribution in [0.2, 0.25) is 0 Å². The van der Waals surface area contributed by atoms with Gasteiger partial charge in [0.05, 0.1) is 12.1 Å². The molecule has 0 bridgehead atoms. The number of nitrogens with one attached hydrogen (secondary N) is 1. The molecule has 1 rings (SSSR count). The number of rotatable bonds is 4. The summed E-state index contributed by atoms with van der Waals surface area (Å²) in [6.45, 7) is -0.733. The number of nitrogens with zero attached hydrogens (tertiary/aromatic N) is 1. The van der Waals surface area contributed by atoms with Crippen molar-refractivity contribution in [1.82, 2.24) is 10.2 Å². The van der Waals surface area contributed by atoms with Crippen molar-refractivity contribution < 1.29 is 31.1 Å². The Kier molecular flexibility index (Phi) is 5.44. The minimum atomic E-state index is -4.98. The Morgan fingerprint density at radius 1 is 1.14 bits per heavy atom. The van der Waals surface area contributed by atoms with Crippen LogP contribution in [0.25, 0.3) is 0 Å². The first-order chi connectivity index (χ1) is 9.94. The molecule has 0 spiro atoms. The van der Waals surface area contributed by atoms with Crippen molar-refractivity contribution in [3.8, 4) is 0 Å². The molecular formula is C13H14F6N2O. The molecule has 1 amide bonds. The standard InChI is InChI=1S/C13H14F6N2O/c1-21(2)10(22)7-20-11(13(17,18)19)8-5-3-4-6-9(8)12(14,15)16/h3-6,11,20H,7H2,1-2H3. The van der Waals surface area contributed by atoms with E-state index >= 15 is 0 Å². The smallest absolute Gasteiger partial charge is 0.348 e. The van der Waals surface area contributed by atoms with Gasteiger partial charge in [0.2, 0.25) is 5.91 Å². The summed E-state index contributed by atoms with van der Waals surface area (Å²) >= 11 is 0. The summed E-state index contributed by atoms with van der Waals surface area (Å²) in [4.78, 5) is 12.4. The van der Waals surface area contributed by atoms with E-state index in [1.165, 1.54) is 14.1 Å². The molecule has 1 unspecified atom stereocenters. The van der Waals surface area contributed by atoms with Gasteiger partial charge in [0.1, 0.15) is 6.04 Å². The Morgan fingerprint density at radius 2 is 1.68 bits per heavy atom. The fourth-order valence-electron chi connectivity index (χ4n) is 1.76. The minimum absolute atomic E-state index is 0.573. The largest absolute Gasteiger partial charge is 0.416 e. The normalized spacial score (nSPS) is 13.8. The number of benzene rings is 1. The van der Waals surface area contributed by atoms with E-state index in [1.54, 1.807) is 0 Å². The Balaban J connectivity index is 3.17. The van der Waals surface area contributed by atoms with Crippen molar-refractivity contribution in [2.45, 2.75) is 18.4 Å². The van der Waals surface area contributed by atoms with E-state index in [0.29, 0.717) is 6.07 Å². The van der Waals surface area contributed by atoms with Crippen molar-refractivity contribution in [2.24, 2.45) is 0 Å². The number of hydrogen-bond acceptors (Lipinski definition) is 2. The Labute approximate surface area is 122 Å². The van der Waals surface area contributed by atoms with Gasteiger partial charge in [-0.25, -0.2) is 0 Å². The summed E-state index contributed by atoms with van der Waals surface area (Å²) in [7, 11) is 2.66. The zero-order chi connectivity index (χ0) is 17.1. The van der Waals surface area contributed by atoms with Crippen molar-refractivity contribution in [2.75, 3.05) is 20.6 Å². The molecule has 0 aromatic heterocycles. The first-order valence-electron chi connectivity index (χ1n) is 6.11. The van der Waals surface area contributed by atoms with Crippen molar-refractivity contribution in [3.05, 3.63) is 35.4 Å². The number of alkyl halides is 6. The first kappa shape index (κ1) is 18.3. The molecule has 1 N–H and O–H groups in total. The lowest BCUT2D eigenvalue weighted by Gasteiger charge is -2.25. The zero-order valence-electron chi connectivity index (χ0n) is 11.7. The van der Waals surface area contributed by atoms with Gasteiger partial charge in [0.15, 0.2) is 0 Å². The highest BCUT2D eigenvalue weighted by Crippen LogP contribution is 2.40. The van der Waals surface area contributed by atoms with Crippen LogP contribution in [-0.2, 0) is 11.0 Å². The van der Waals surface area contributed by atoms with E-state index in [9.17, 15) is 31.1 Å². The second-order valence-electron chi connectivity index (χ2n) is 4.73. The molecule has 1 atom stereocenters. The van der Waals surface area contributed by atoms with Crippen LogP contribution in [0.5, 0.6) is 0 Å². The van der Waals surface area contributed by atoms with Crippen LogP contribution < -0.4 is 5.32 Å². The van der Waals surface area contributed by atoms with E-state index in [-0.39, 0.29) is 0 Å². The molecule has 1 aromatic carbocycles. The quantitative estimate of drug-likeness (QED) is 0.862. The van der Waals surface area contributed by atoms with Gasteiger partial charge in [-0.15, -0.1) is 0 Å². The van der Waals surface area contributed by atoms with Gasteiger partial charge in [-0.3, -0.25) is 10.1 Å². The Hall–Kier alpha value is -1.77. The molecule has 0 aliphatic rings. The van der Waals surface area contributed by atoms with Gasteiger partial charge in [0, 0.05) is 14.1 Å². The monoisotopic (exact) mass is 328 g/mol. The number of likely N-dealkylation sites (N-methyl/N-ethyl adjacent to an activating group) is 1. The molecule has 0 aliphatic carbocycles. The second kappa shape index (κ2) is 6.55. The van der Waals surface area contributed by atoms with Gasteiger partial charge in [0.25, 0.3) is 0 Å². The molecule has 22 heavy (non-hydrogen) atoms. The van der Waals surface area contributed by atoms with E-state index in [2.05, 4.69) is 0 Å². The lowest BCUT2D eigenvalue weighted by molar-refractivity contribution is -0.163. The van der Waals surface area contributed by atoms with Gasteiger partial charge in [-0.1, -0.05) is 18.2 Å². The molecule has 0 fully saturated rings. The molecule has 0 radical (unpaired) electrons. The fraction of sp³-hybridized carbons (Fsp3) is 0.462. The fourth-order valence-corrected chi connectivity index (χ4v) is 1.76. The van der Waals surface area contributed by atoms with E-state index in [1.807, 2.05) is 5.32 Å². The van der Waals surface area contributed by atoms with E-state index in [0.717, 1.165) is 23.1 Å². The van der Waals surface area contributed by atoms with Gasteiger partial charge < -0.3 is 4.90 Å². The predicted molar refractivity (Wildman–Crippen MR) is 66.9 cm³/mol. The molecule has 1 aromatic rings. The van der Waals surface area contributed by atoms with Crippen LogP contribution in [0.15, 0.2) is 24.3 Å². The topological polar surface area (TPSA) is 32.3 Å². The maximum absolute atomic E-state index is 13.1. The van der Waals surface area contributed by atoms with Crippen LogP contribution in [-0.4, -0.2) is 37.6 Å². The van der Waals surface area contributed by atoms with Crippen LogP contribution in [0.3, 0.4) is 0 Å². The molecule has 0 aliphatic heterocycles. The minimum Gasteiger partial charge on any atom is -0.348 e. The van der Waals surface area contributed by atoms with E-state index in [4.69, 9.17) is 0 Å². The number of carbonyl (C=O) groups is 1. The average molecular weight is 328 g/mol.